The van der Waals surface area contributed by atoms with Crippen LogP contribution >= 0.6 is 0 Å². The van der Waals surface area contributed by atoms with E-state index in [0.717, 1.165) is 11.3 Å². The molecular formula is C25H31N3O3. The third-order valence-corrected chi connectivity index (χ3v) is 7.52. The molecule has 1 amide bonds. The van der Waals surface area contributed by atoms with Crippen LogP contribution in [0.15, 0.2) is 47.3 Å². The molecule has 2 fully saturated rings. The first-order chi connectivity index (χ1) is 15.2. The molecule has 1 aromatic carbocycles. The van der Waals surface area contributed by atoms with Crippen molar-refractivity contribution in [1.29, 1.82) is 0 Å². The summed E-state index contributed by atoms with van der Waals surface area (Å²) in [7, 11) is 0. The second kappa shape index (κ2) is 8.60. The molecule has 3 N–H and O–H groups in total. The first-order valence-corrected chi connectivity index (χ1v) is 11.6. The Labute approximate surface area is 182 Å². The minimum absolute atomic E-state index is 0.00217. The fraction of sp³-hybridized carbons (Fsp3) is 0.520. The number of aromatic nitrogens is 1. The number of amides is 1. The number of pyridine rings is 1. The molecule has 3 heterocycles. The largest absolute Gasteiger partial charge is 0.396 e. The Kier molecular flexibility index (Phi) is 5.67. The van der Waals surface area contributed by atoms with E-state index in [0.29, 0.717) is 24.6 Å². The normalized spacial score (nSPS) is 27.6. The third kappa shape index (κ3) is 3.72. The summed E-state index contributed by atoms with van der Waals surface area (Å²) in [6.07, 6.45) is 6.15. The molecule has 164 valence electrons. The highest BCUT2D eigenvalue weighted by Crippen LogP contribution is 2.41. The summed E-state index contributed by atoms with van der Waals surface area (Å²) in [5.74, 6) is -0.00912. The molecule has 2 aliphatic heterocycles. The molecule has 2 aromatic rings. The van der Waals surface area contributed by atoms with E-state index >= 15 is 0 Å². The zero-order valence-electron chi connectivity index (χ0n) is 17.8. The van der Waals surface area contributed by atoms with Crippen LogP contribution in [-0.2, 0) is 11.3 Å². The maximum absolute atomic E-state index is 13.3. The Balaban J connectivity index is 1.42. The van der Waals surface area contributed by atoms with Gasteiger partial charge in [0.25, 0.3) is 5.56 Å². The van der Waals surface area contributed by atoms with Gasteiger partial charge in [0.05, 0.1) is 12.0 Å². The Morgan fingerprint density at radius 3 is 2.61 bits per heavy atom. The topological polar surface area (TPSA) is 83.4 Å². The van der Waals surface area contributed by atoms with Gasteiger partial charge in [0, 0.05) is 42.9 Å². The second-order valence-corrected chi connectivity index (χ2v) is 9.33. The second-order valence-electron chi connectivity index (χ2n) is 9.33. The molecule has 1 saturated heterocycles. The predicted octanol–water partition coefficient (Wildman–Crippen LogP) is 2.46. The molecule has 1 aliphatic carbocycles. The number of rotatable bonds is 5. The van der Waals surface area contributed by atoms with Crippen molar-refractivity contribution in [2.75, 3.05) is 13.2 Å². The zero-order valence-corrected chi connectivity index (χ0v) is 17.8. The van der Waals surface area contributed by atoms with Crippen molar-refractivity contribution in [3.8, 4) is 11.1 Å². The van der Waals surface area contributed by atoms with Gasteiger partial charge in [-0.3, -0.25) is 9.59 Å². The van der Waals surface area contributed by atoms with E-state index < -0.39 is 0 Å². The van der Waals surface area contributed by atoms with Crippen LogP contribution < -0.4 is 16.2 Å². The highest BCUT2D eigenvalue weighted by atomic mass is 16.3. The van der Waals surface area contributed by atoms with Crippen molar-refractivity contribution >= 4 is 5.91 Å². The highest BCUT2D eigenvalue weighted by Gasteiger charge is 2.50. The van der Waals surface area contributed by atoms with Crippen LogP contribution in [-0.4, -0.2) is 34.8 Å². The Morgan fingerprint density at radius 2 is 1.87 bits per heavy atom. The quantitative estimate of drug-likeness (QED) is 0.693. The molecule has 5 rings (SSSR count). The zero-order chi connectivity index (χ0) is 21.4. The van der Waals surface area contributed by atoms with Crippen LogP contribution in [0, 0.1) is 17.8 Å². The summed E-state index contributed by atoms with van der Waals surface area (Å²) in [6.45, 7) is 1.12. The maximum Gasteiger partial charge on any atom is 0.258 e. The number of hydrogen-bond donors (Lipinski definition) is 3. The van der Waals surface area contributed by atoms with Gasteiger partial charge in [-0.2, -0.15) is 0 Å². The number of aliphatic hydroxyl groups is 1. The number of hydrogen-bond acceptors (Lipinski definition) is 4. The summed E-state index contributed by atoms with van der Waals surface area (Å²) >= 11 is 0. The lowest BCUT2D eigenvalue weighted by atomic mass is 9.85. The average molecular weight is 422 g/mol. The SMILES string of the molecule is O=C(NCC1CCCCC1)[C@@H]1[C@@H](CO)[C@@H]2Cn3c(ccc(-c4ccccc4)c3=O)[C@H]1N2. The van der Waals surface area contributed by atoms with E-state index in [9.17, 15) is 14.7 Å². The third-order valence-electron chi connectivity index (χ3n) is 7.52. The van der Waals surface area contributed by atoms with Gasteiger partial charge in [-0.25, -0.2) is 0 Å². The van der Waals surface area contributed by atoms with Crippen molar-refractivity contribution in [3.63, 3.8) is 0 Å². The molecule has 0 spiro atoms. The van der Waals surface area contributed by atoms with E-state index in [1.54, 1.807) is 0 Å². The van der Waals surface area contributed by atoms with E-state index in [2.05, 4.69) is 10.6 Å². The molecule has 0 radical (unpaired) electrons. The molecule has 4 atom stereocenters. The lowest BCUT2D eigenvalue weighted by Crippen LogP contribution is -2.43. The monoisotopic (exact) mass is 421 g/mol. The van der Waals surface area contributed by atoms with Crippen LogP contribution in [0.5, 0.6) is 0 Å². The van der Waals surface area contributed by atoms with Gasteiger partial charge in [0.15, 0.2) is 0 Å². The number of fused-ring (bicyclic) bond motifs is 4. The fourth-order valence-electron chi connectivity index (χ4n) is 5.84. The van der Waals surface area contributed by atoms with Gasteiger partial charge < -0.3 is 20.3 Å². The molecule has 0 unspecified atom stereocenters. The number of nitrogens with one attached hydrogen (secondary N) is 2. The maximum atomic E-state index is 13.3. The predicted molar refractivity (Wildman–Crippen MR) is 119 cm³/mol. The van der Waals surface area contributed by atoms with Crippen LogP contribution in [0.25, 0.3) is 11.1 Å². The molecular weight excluding hydrogens is 390 g/mol. The lowest BCUT2D eigenvalue weighted by molar-refractivity contribution is -0.127. The highest BCUT2D eigenvalue weighted by molar-refractivity contribution is 5.80. The number of carbonyl (C=O) groups excluding carboxylic acids is 1. The first kappa shape index (κ1) is 20.5. The summed E-state index contributed by atoms with van der Waals surface area (Å²) in [5, 5.41) is 16.8. The summed E-state index contributed by atoms with van der Waals surface area (Å²) in [6, 6.07) is 13.2. The standard InChI is InChI=1S/C25H31N3O3/c29-15-19-20-14-28-21(12-11-18(25(28)31)17-9-5-2-6-10-17)23(27-20)22(19)24(30)26-13-16-7-3-1-4-8-16/h2,5-6,9-12,16,19-20,22-23,27,29H,1,3-4,7-8,13-15H2,(H,26,30)/t19-,20-,22+,23+/m0/s1. The van der Waals surface area contributed by atoms with Crippen molar-refractivity contribution in [3.05, 3.63) is 58.5 Å². The first-order valence-electron chi connectivity index (χ1n) is 11.6. The minimum Gasteiger partial charge on any atom is -0.396 e. The summed E-state index contributed by atoms with van der Waals surface area (Å²) < 4.78 is 1.81. The molecule has 2 bridgehead atoms. The van der Waals surface area contributed by atoms with Crippen LogP contribution in [0.2, 0.25) is 0 Å². The smallest absolute Gasteiger partial charge is 0.258 e. The summed E-state index contributed by atoms with van der Waals surface area (Å²) in [4.78, 5) is 26.5. The van der Waals surface area contributed by atoms with Gasteiger partial charge in [-0.15, -0.1) is 0 Å². The molecule has 3 aliphatic rings. The Bertz CT molecular complexity index is 997. The van der Waals surface area contributed by atoms with Gasteiger partial charge in [-0.05, 0) is 36.5 Å². The Hall–Kier alpha value is -2.44. The van der Waals surface area contributed by atoms with Crippen molar-refractivity contribution in [2.24, 2.45) is 17.8 Å². The van der Waals surface area contributed by atoms with Crippen molar-refractivity contribution in [1.82, 2.24) is 15.2 Å². The van der Waals surface area contributed by atoms with E-state index in [1.807, 2.05) is 47.0 Å². The number of aliphatic hydroxyl groups excluding tert-OH is 1. The van der Waals surface area contributed by atoms with Gasteiger partial charge in [0.2, 0.25) is 5.91 Å². The summed E-state index contributed by atoms with van der Waals surface area (Å²) in [5.41, 5.74) is 2.38. The lowest BCUT2D eigenvalue weighted by Gasteiger charge is -2.28. The van der Waals surface area contributed by atoms with E-state index in [1.165, 1.54) is 32.1 Å². The number of nitrogens with zero attached hydrogens (tertiary/aromatic N) is 1. The van der Waals surface area contributed by atoms with Gasteiger partial charge >= 0.3 is 0 Å². The van der Waals surface area contributed by atoms with Crippen LogP contribution in [0.1, 0.15) is 43.8 Å². The molecule has 1 aromatic heterocycles. The minimum atomic E-state index is -0.366. The molecule has 6 nitrogen and oxygen atoms in total. The molecule has 6 heteroatoms. The number of benzene rings is 1. The Morgan fingerprint density at radius 1 is 1.10 bits per heavy atom. The number of carbonyl (C=O) groups is 1. The van der Waals surface area contributed by atoms with E-state index in [-0.39, 0.29) is 42.0 Å². The van der Waals surface area contributed by atoms with Crippen molar-refractivity contribution in [2.45, 2.75) is 50.7 Å². The van der Waals surface area contributed by atoms with Crippen LogP contribution in [0.4, 0.5) is 0 Å². The van der Waals surface area contributed by atoms with E-state index in [4.69, 9.17) is 0 Å². The molecule has 1 saturated carbocycles. The fourth-order valence-corrected chi connectivity index (χ4v) is 5.84. The van der Waals surface area contributed by atoms with Crippen LogP contribution in [0.3, 0.4) is 0 Å². The molecule has 31 heavy (non-hydrogen) atoms. The van der Waals surface area contributed by atoms with Gasteiger partial charge in [0.1, 0.15) is 0 Å². The van der Waals surface area contributed by atoms with Gasteiger partial charge in [-0.1, -0.05) is 49.6 Å². The van der Waals surface area contributed by atoms with Crippen molar-refractivity contribution < 1.29 is 9.90 Å². The average Bonchev–Trinajstić information content (AvgIpc) is 3.12.